The summed E-state index contributed by atoms with van der Waals surface area (Å²) < 4.78 is 0. The molecule has 0 heterocycles. The summed E-state index contributed by atoms with van der Waals surface area (Å²) in [5, 5.41) is 3.20. The van der Waals surface area contributed by atoms with Gasteiger partial charge in [0.25, 0.3) is 0 Å². The first-order valence-corrected chi connectivity index (χ1v) is 8.78. The standard InChI is InChI=1S/C19H21NOS/c1-14-7-2-5-12-18(14)22-13-19(21)20-17-11-6-9-15-8-3-4-10-16(15)17/h2-5,7-8,10,12,17H,6,9,11,13H2,1H3,(H,20,21). The zero-order valence-electron chi connectivity index (χ0n) is 12.8. The fraction of sp³-hybridized carbons (Fsp3) is 0.316. The second-order valence-electron chi connectivity index (χ2n) is 5.77. The summed E-state index contributed by atoms with van der Waals surface area (Å²) in [7, 11) is 0. The Labute approximate surface area is 136 Å². The Morgan fingerprint density at radius 3 is 2.82 bits per heavy atom. The first-order valence-electron chi connectivity index (χ1n) is 7.79. The van der Waals surface area contributed by atoms with Crippen LogP contribution in [-0.4, -0.2) is 11.7 Å². The quantitative estimate of drug-likeness (QED) is 0.854. The van der Waals surface area contributed by atoms with E-state index in [4.69, 9.17) is 0 Å². The van der Waals surface area contributed by atoms with Crippen molar-refractivity contribution in [3.63, 3.8) is 0 Å². The van der Waals surface area contributed by atoms with Crippen LogP contribution in [0, 0.1) is 6.92 Å². The van der Waals surface area contributed by atoms with Crippen molar-refractivity contribution in [1.82, 2.24) is 5.32 Å². The number of amides is 1. The molecule has 3 rings (SSSR count). The van der Waals surface area contributed by atoms with Crippen molar-refractivity contribution >= 4 is 17.7 Å². The Kier molecular flexibility index (Phi) is 4.84. The number of hydrogen-bond donors (Lipinski definition) is 1. The Morgan fingerprint density at radius 1 is 1.18 bits per heavy atom. The van der Waals surface area contributed by atoms with Crippen molar-refractivity contribution in [1.29, 1.82) is 0 Å². The Morgan fingerprint density at radius 2 is 1.95 bits per heavy atom. The highest BCUT2D eigenvalue weighted by Gasteiger charge is 2.21. The third kappa shape index (κ3) is 3.53. The molecule has 0 fully saturated rings. The molecular formula is C19H21NOS. The number of carbonyl (C=O) groups excluding carboxylic acids is 1. The molecule has 1 unspecified atom stereocenters. The molecule has 1 aliphatic carbocycles. The fourth-order valence-corrected chi connectivity index (χ4v) is 3.84. The molecule has 1 atom stereocenters. The lowest BCUT2D eigenvalue weighted by Gasteiger charge is -2.26. The summed E-state index contributed by atoms with van der Waals surface area (Å²) in [6.07, 6.45) is 3.31. The maximum atomic E-state index is 12.3. The molecule has 0 spiro atoms. The van der Waals surface area contributed by atoms with E-state index in [9.17, 15) is 4.79 Å². The van der Waals surface area contributed by atoms with E-state index in [2.05, 4.69) is 48.6 Å². The molecular weight excluding hydrogens is 290 g/mol. The molecule has 2 nitrogen and oxygen atoms in total. The van der Waals surface area contributed by atoms with Crippen LogP contribution in [0.4, 0.5) is 0 Å². The zero-order chi connectivity index (χ0) is 15.4. The minimum Gasteiger partial charge on any atom is -0.349 e. The molecule has 3 heteroatoms. The lowest BCUT2D eigenvalue weighted by molar-refractivity contribution is -0.119. The monoisotopic (exact) mass is 311 g/mol. The van der Waals surface area contributed by atoms with Crippen LogP contribution < -0.4 is 5.32 Å². The van der Waals surface area contributed by atoms with Crippen molar-refractivity contribution in [2.24, 2.45) is 0 Å². The van der Waals surface area contributed by atoms with Crippen molar-refractivity contribution in [3.05, 3.63) is 65.2 Å². The molecule has 0 aliphatic heterocycles. The number of hydrogen-bond acceptors (Lipinski definition) is 2. The summed E-state index contributed by atoms with van der Waals surface area (Å²) in [5.74, 6) is 0.596. The molecule has 1 N–H and O–H groups in total. The van der Waals surface area contributed by atoms with Crippen LogP contribution in [-0.2, 0) is 11.2 Å². The van der Waals surface area contributed by atoms with E-state index in [1.165, 1.54) is 21.6 Å². The Hall–Kier alpha value is -1.74. The van der Waals surface area contributed by atoms with Gasteiger partial charge < -0.3 is 5.32 Å². The second kappa shape index (κ2) is 7.01. The molecule has 114 valence electrons. The molecule has 1 amide bonds. The number of fused-ring (bicyclic) bond motifs is 1. The minimum atomic E-state index is 0.120. The van der Waals surface area contributed by atoms with Gasteiger partial charge in [0.2, 0.25) is 5.91 Å². The zero-order valence-corrected chi connectivity index (χ0v) is 13.7. The van der Waals surface area contributed by atoms with Gasteiger partial charge in [-0.25, -0.2) is 0 Å². The molecule has 2 aromatic carbocycles. The van der Waals surface area contributed by atoms with E-state index in [0.717, 1.165) is 19.3 Å². The number of benzene rings is 2. The first kappa shape index (κ1) is 15.2. The molecule has 2 aromatic rings. The largest absolute Gasteiger partial charge is 0.349 e. The predicted molar refractivity (Wildman–Crippen MR) is 92.2 cm³/mol. The van der Waals surface area contributed by atoms with Crippen LogP contribution in [0.25, 0.3) is 0 Å². The molecule has 1 aliphatic rings. The number of carbonyl (C=O) groups is 1. The SMILES string of the molecule is Cc1ccccc1SCC(=O)NC1CCCc2ccccc21. The van der Waals surface area contributed by atoms with Crippen molar-refractivity contribution in [2.45, 2.75) is 37.1 Å². The van der Waals surface area contributed by atoms with Gasteiger partial charge in [0.15, 0.2) is 0 Å². The van der Waals surface area contributed by atoms with Crippen LogP contribution in [0.5, 0.6) is 0 Å². The summed E-state index contributed by atoms with van der Waals surface area (Å²) in [5.41, 5.74) is 3.90. The third-order valence-corrected chi connectivity index (χ3v) is 5.33. The van der Waals surface area contributed by atoms with E-state index >= 15 is 0 Å². The number of thioether (sulfide) groups is 1. The smallest absolute Gasteiger partial charge is 0.230 e. The molecule has 0 saturated carbocycles. The van der Waals surface area contributed by atoms with Gasteiger partial charge in [-0.15, -0.1) is 11.8 Å². The average molecular weight is 311 g/mol. The number of aryl methyl sites for hydroxylation is 2. The van der Waals surface area contributed by atoms with E-state index in [1.54, 1.807) is 11.8 Å². The van der Waals surface area contributed by atoms with Crippen molar-refractivity contribution in [2.75, 3.05) is 5.75 Å². The van der Waals surface area contributed by atoms with E-state index in [-0.39, 0.29) is 11.9 Å². The molecule has 0 bridgehead atoms. The van der Waals surface area contributed by atoms with Gasteiger partial charge in [-0.3, -0.25) is 4.79 Å². The third-order valence-electron chi connectivity index (χ3n) is 4.16. The fourth-order valence-electron chi connectivity index (χ4n) is 3.00. The van der Waals surface area contributed by atoms with E-state index in [1.807, 2.05) is 12.1 Å². The van der Waals surface area contributed by atoms with Crippen molar-refractivity contribution < 1.29 is 4.79 Å². The first-order chi connectivity index (χ1) is 10.7. The summed E-state index contributed by atoms with van der Waals surface area (Å²) >= 11 is 1.61. The van der Waals surface area contributed by atoms with Crippen molar-refractivity contribution in [3.8, 4) is 0 Å². The highest BCUT2D eigenvalue weighted by atomic mass is 32.2. The van der Waals surface area contributed by atoms with Gasteiger partial charge in [0, 0.05) is 4.90 Å². The minimum absolute atomic E-state index is 0.120. The van der Waals surface area contributed by atoms with E-state index < -0.39 is 0 Å². The van der Waals surface area contributed by atoms with Gasteiger partial charge in [0.05, 0.1) is 11.8 Å². The van der Waals surface area contributed by atoms with Crippen LogP contribution in [0.3, 0.4) is 0 Å². The summed E-state index contributed by atoms with van der Waals surface area (Å²) in [6, 6.07) is 16.8. The molecule has 22 heavy (non-hydrogen) atoms. The maximum Gasteiger partial charge on any atom is 0.230 e. The lowest BCUT2D eigenvalue weighted by Crippen LogP contribution is -2.32. The van der Waals surface area contributed by atoms with Gasteiger partial charge in [0.1, 0.15) is 0 Å². The maximum absolute atomic E-state index is 12.3. The summed E-state index contributed by atoms with van der Waals surface area (Å²) in [6.45, 7) is 2.08. The molecule has 0 aromatic heterocycles. The highest BCUT2D eigenvalue weighted by Crippen LogP contribution is 2.29. The molecule has 0 saturated heterocycles. The lowest BCUT2D eigenvalue weighted by atomic mass is 9.88. The predicted octanol–water partition coefficient (Wildman–Crippen LogP) is 4.28. The Bertz CT molecular complexity index is 668. The van der Waals surface area contributed by atoms with Crippen LogP contribution in [0.2, 0.25) is 0 Å². The topological polar surface area (TPSA) is 29.1 Å². The normalized spacial score (nSPS) is 16.9. The molecule has 0 radical (unpaired) electrons. The van der Waals surface area contributed by atoms with Crippen LogP contribution in [0.1, 0.15) is 35.6 Å². The number of nitrogens with one attached hydrogen (secondary N) is 1. The second-order valence-corrected chi connectivity index (χ2v) is 6.78. The van der Waals surface area contributed by atoms with Crippen LogP contribution >= 0.6 is 11.8 Å². The average Bonchev–Trinajstić information content (AvgIpc) is 2.54. The van der Waals surface area contributed by atoms with E-state index in [0.29, 0.717) is 5.75 Å². The van der Waals surface area contributed by atoms with Gasteiger partial charge >= 0.3 is 0 Å². The Balaban J connectivity index is 1.60. The number of rotatable bonds is 4. The highest BCUT2D eigenvalue weighted by molar-refractivity contribution is 8.00. The van der Waals surface area contributed by atoms with Gasteiger partial charge in [-0.1, -0.05) is 42.5 Å². The van der Waals surface area contributed by atoms with Gasteiger partial charge in [-0.05, 0) is 48.9 Å². The summed E-state index contributed by atoms with van der Waals surface area (Å²) in [4.78, 5) is 13.5. The van der Waals surface area contributed by atoms with Gasteiger partial charge in [-0.2, -0.15) is 0 Å². The van der Waals surface area contributed by atoms with Crippen LogP contribution in [0.15, 0.2) is 53.4 Å².